The molecule has 0 aliphatic carbocycles. The van der Waals surface area contributed by atoms with Gasteiger partial charge in [-0.15, -0.1) is 0 Å². The number of aliphatic hydroxyl groups excluding tert-OH is 1. The summed E-state index contributed by atoms with van der Waals surface area (Å²) in [6, 6.07) is 3.12. The van der Waals surface area contributed by atoms with Crippen LogP contribution in [0.1, 0.15) is 23.7 Å². The van der Waals surface area contributed by atoms with Crippen LogP contribution in [-0.2, 0) is 10.7 Å². The highest BCUT2D eigenvalue weighted by Gasteiger charge is 2.52. The number of benzene rings is 1. The largest absolute Gasteiger partial charge is 0.382 e. The van der Waals surface area contributed by atoms with Crippen molar-refractivity contribution in [3.8, 4) is 0 Å². The number of hydrogen-bond acceptors (Lipinski definition) is 2. The number of fused-ring (bicyclic) bond motifs is 1. The third-order valence-corrected chi connectivity index (χ3v) is 3.07. The van der Waals surface area contributed by atoms with E-state index in [0.29, 0.717) is 0 Å². The van der Waals surface area contributed by atoms with E-state index in [1.165, 1.54) is 0 Å². The number of aliphatic hydroxyl groups is 1. The first kappa shape index (κ1) is 14.7. The molecule has 2 N–H and O–H groups in total. The summed E-state index contributed by atoms with van der Waals surface area (Å²) < 4.78 is 66.4. The number of anilines is 1. The second-order valence-electron chi connectivity index (χ2n) is 4.40. The second kappa shape index (κ2) is 4.69. The van der Waals surface area contributed by atoms with Crippen LogP contribution >= 0.6 is 0 Å². The van der Waals surface area contributed by atoms with Gasteiger partial charge in [-0.2, -0.15) is 8.78 Å². The number of alkyl halides is 5. The van der Waals surface area contributed by atoms with Crippen LogP contribution in [0.4, 0.5) is 27.6 Å². The van der Waals surface area contributed by atoms with Gasteiger partial charge in [-0.3, -0.25) is 9.18 Å². The molecule has 8 heteroatoms. The van der Waals surface area contributed by atoms with E-state index in [1.54, 1.807) is 0 Å². The summed E-state index contributed by atoms with van der Waals surface area (Å²) in [5, 5.41) is 11.4. The lowest BCUT2D eigenvalue weighted by atomic mass is 9.93. The molecule has 1 aliphatic rings. The summed E-state index contributed by atoms with van der Waals surface area (Å²) in [5.41, 5.74) is -2.12. The van der Waals surface area contributed by atoms with Gasteiger partial charge in [0.15, 0.2) is 0 Å². The molecule has 3 nitrogen and oxygen atoms in total. The van der Waals surface area contributed by atoms with Gasteiger partial charge in [-0.25, -0.2) is 8.78 Å². The Kier molecular flexibility index (Phi) is 3.45. The van der Waals surface area contributed by atoms with E-state index in [-0.39, 0.29) is 5.69 Å². The number of carbonyl (C=O) groups is 1. The zero-order valence-corrected chi connectivity index (χ0v) is 9.97. The summed E-state index contributed by atoms with van der Waals surface area (Å²) in [6.07, 6.45) is -3.92. The van der Waals surface area contributed by atoms with Gasteiger partial charge in [-0.1, -0.05) is 12.1 Å². The summed E-state index contributed by atoms with van der Waals surface area (Å²) in [5.74, 6) is -9.58. The number of nitrogens with one attached hydrogen (secondary N) is 1. The molecule has 1 atom stereocenters. The third kappa shape index (κ3) is 2.13. The molecule has 0 bridgehead atoms. The number of carbonyl (C=O) groups excluding carboxylic acids is 1. The highest BCUT2D eigenvalue weighted by atomic mass is 19.3. The Bertz CT molecular complexity index is 547. The van der Waals surface area contributed by atoms with Gasteiger partial charge in [-0.05, 0) is 11.6 Å². The first-order chi connectivity index (χ1) is 9.21. The first-order valence-corrected chi connectivity index (χ1v) is 5.66. The van der Waals surface area contributed by atoms with Crippen molar-refractivity contribution >= 4 is 11.6 Å². The topological polar surface area (TPSA) is 49.3 Å². The van der Waals surface area contributed by atoms with E-state index in [1.807, 2.05) is 5.32 Å². The van der Waals surface area contributed by atoms with Gasteiger partial charge in [0, 0.05) is 6.42 Å². The van der Waals surface area contributed by atoms with Crippen LogP contribution in [0.25, 0.3) is 0 Å². The fraction of sp³-hybridized carbons (Fsp3) is 0.417. The van der Waals surface area contributed by atoms with E-state index in [2.05, 4.69) is 0 Å². The van der Waals surface area contributed by atoms with E-state index in [0.717, 1.165) is 18.2 Å². The van der Waals surface area contributed by atoms with Crippen LogP contribution in [0, 0.1) is 0 Å². The van der Waals surface area contributed by atoms with Gasteiger partial charge in [0.25, 0.3) is 11.8 Å². The summed E-state index contributed by atoms with van der Waals surface area (Å²) >= 11 is 0. The first-order valence-electron chi connectivity index (χ1n) is 5.66. The molecule has 1 aliphatic heterocycles. The molecular formula is C12H10F5NO2. The number of hydrogen-bond donors (Lipinski definition) is 2. The number of halogens is 5. The molecule has 1 aromatic carbocycles. The van der Waals surface area contributed by atoms with Crippen molar-refractivity contribution in [3.05, 3.63) is 29.3 Å². The van der Waals surface area contributed by atoms with Gasteiger partial charge in [0.2, 0.25) is 0 Å². The van der Waals surface area contributed by atoms with Crippen LogP contribution in [0.5, 0.6) is 0 Å². The van der Waals surface area contributed by atoms with Crippen molar-refractivity contribution in [2.45, 2.75) is 24.4 Å². The van der Waals surface area contributed by atoms with Crippen molar-refractivity contribution in [1.29, 1.82) is 0 Å². The van der Waals surface area contributed by atoms with E-state index < -0.39 is 48.1 Å². The van der Waals surface area contributed by atoms with Crippen LogP contribution in [-0.4, -0.2) is 23.6 Å². The van der Waals surface area contributed by atoms with Crippen LogP contribution in [0.3, 0.4) is 0 Å². The van der Waals surface area contributed by atoms with Crippen molar-refractivity contribution in [1.82, 2.24) is 0 Å². The predicted octanol–water partition coefficient (Wildman–Crippen LogP) is 2.76. The zero-order valence-electron chi connectivity index (χ0n) is 9.97. The molecular weight excluding hydrogens is 285 g/mol. The minimum absolute atomic E-state index is 0.340. The molecule has 0 fully saturated rings. The average Bonchev–Trinajstić information content (AvgIpc) is 2.59. The Hall–Kier alpha value is -1.70. The predicted molar refractivity (Wildman–Crippen MR) is 59.5 cm³/mol. The monoisotopic (exact) mass is 295 g/mol. The fourth-order valence-corrected chi connectivity index (χ4v) is 2.06. The molecule has 0 saturated carbocycles. The molecule has 1 amide bonds. The molecule has 1 heterocycles. The Morgan fingerprint density at radius 3 is 2.60 bits per heavy atom. The van der Waals surface area contributed by atoms with Crippen molar-refractivity contribution in [2.75, 3.05) is 12.0 Å². The standard InChI is InChI=1S/C12H10F5NO2/c13-5-4-11(14,15)9(19)6-2-1-3-7-8(6)12(16,17)10(20)18-7/h1-3,9,19H,4-5H2,(H,18,20). The molecule has 20 heavy (non-hydrogen) atoms. The summed E-state index contributed by atoms with van der Waals surface area (Å²) in [6.45, 7) is -1.41. The lowest BCUT2D eigenvalue weighted by Crippen LogP contribution is -2.30. The quantitative estimate of drug-likeness (QED) is 0.839. The Labute approximate surface area is 110 Å². The number of rotatable bonds is 4. The van der Waals surface area contributed by atoms with E-state index >= 15 is 0 Å². The fourth-order valence-electron chi connectivity index (χ4n) is 2.06. The maximum absolute atomic E-state index is 13.7. The van der Waals surface area contributed by atoms with Gasteiger partial charge >= 0.3 is 5.92 Å². The molecule has 1 unspecified atom stereocenters. The van der Waals surface area contributed by atoms with Crippen molar-refractivity contribution < 1.29 is 31.9 Å². The van der Waals surface area contributed by atoms with Crippen LogP contribution in [0.15, 0.2) is 18.2 Å². The van der Waals surface area contributed by atoms with Gasteiger partial charge in [0.05, 0.1) is 17.9 Å². The molecule has 0 radical (unpaired) electrons. The SMILES string of the molecule is O=C1Nc2cccc(C(O)C(F)(F)CCF)c2C1(F)F. The third-order valence-electron chi connectivity index (χ3n) is 3.07. The Morgan fingerprint density at radius 2 is 2.00 bits per heavy atom. The summed E-state index contributed by atoms with van der Waals surface area (Å²) in [7, 11) is 0. The zero-order chi connectivity index (χ0) is 15.1. The minimum atomic E-state index is -4.02. The molecule has 2 rings (SSSR count). The highest BCUT2D eigenvalue weighted by Crippen LogP contribution is 2.47. The molecule has 0 saturated heterocycles. The van der Waals surface area contributed by atoms with Crippen LogP contribution in [0.2, 0.25) is 0 Å². The molecule has 1 aromatic rings. The minimum Gasteiger partial charge on any atom is -0.382 e. The van der Waals surface area contributed by atoms with E-state index in [9.17, 15) is 31.9 Å². The maximum atomic E-state index is 13.7. The van der Waals surface area contributed by atoms with Gasteiger partial charge < -0.3 is 10.4 Å². The average molecular weight is 295 g/mol. The lowest BCUT2D eigenvalue weighted by Gasteiger charge is -2.24. The lowest BCUT2D eigenvalue weighted by molar-refractivity contribution is -0.140. The van der Waals surface area contributed by atoms with Crippen molar-refractivity contribution in [2.24, 2.45) is 0 Å². The summed E-state index contributed by atoms with van der Waals surface area (Å²) in [4.78, 5) is 11.1. The smallest absolute Gasteiger partial charge is 0.352 e. The van der Waals surface area contributed by atoms with Gasteiger partial charge in [0.1, 0.15) is 6.10 Å². The number of amides is 1. The highest BCUT2D eigenvalue weighted by molar-refractivity contribution is 6.04. The van der Waals surface area contributed by atoms with Crippen LogP contribution < -0.4 is 5.32 Å². The maximum Gasteiger partial charge on any atom is 0.352 e. The second-order valence-corrected chi connectivity index (χ2v) is 4.40. The Morgan fingerprint density at radius 1 is 1.35 bits per heavy atom. The molecule has 0 aromatic heterocycles. The normalized spacial score (nSPS) is 18.6. The van der Waals surface area contributed by atoms with E-state index in [4.69, 9.17) is 0 Å². The Balaban J connectivity index is 2.51. The molecule has 0 spiro atoms. The van der Waals surface area contributed by atoms with Crippen molar-refractivity contribution in [3.63, 3.8) is 0 Å². The molecule has 110 valence electrons.